The van der Waals surface area contributed by atoms with E-state index in [4.69, 9.17) is 11.6 Å². The van der Waals surface area contributed by atoms with Gasteiger partial charge in [-0.05, 0) is 43.9 Å². The van der Waals surface area contributed by atoms with Gasteiger partial charge >= 0.3 is 0 Å². The molecule has 0 aliphatic heterocycles. The number of hydrogen-bond acceptors (Lipinski definition) is 2. The first-order valence-corrected chi connectivity index (χ1v) is 6.21. The van der Waals surface area contributed by atoms with Crippen molar-refractivity contribution in [3.8, 4) is 0 Å². The summed E-state index contributed by atoms with van der Waals surface area (Å²) in [5, 5.41) is 4.16. The van der Waals surface area contributed by atoms with Crippen LogP contribution in [0.3, 0.4) is 0 Å². The predicted octanol–water partition coefficient (Wildman–Crippen LogP) is 3.33. The molecule has 1 N–H and O–H groups in total. The Labute approximate surface area is 102 Å². The molecule has 1 heterocycles. The number of nitrogens with one attached hydrogen (secondary N) is 1. The number of halogens is 1. The highest BCUT2D eigenvalue weighted by molar-refractivity contribution is 6.31. The second kappa shape index (κ2) is 6.02. The lowest BCUT2D eigenvalue weighted by atomic mass is 10.1. The zero-order valence-corrected chi connectivity index (χ0v) is 10.1. The van der Waals surface area contributed by atoms with Crippen LogP contribution in [0.15, 0.2) is 30.1 Å². The van der Waals surface area contributed by atoms with Crippen LogP contribution in [-0.2, 0) is 6.54 Å². The first-order chi connectivity index (χ1) is 7.86. The molecule has 1 aliphatic rings. The zero-order chi connectivity index (χ0) is 11.2. The van der Waals surface area contributed by atoms with E-state index in [1.807, 2.05) is 6.07 Å². The molecule has 0 aromatic carbocycles. The van der Waals surface area contributed by atoms with E-state index in [0.29, 0.717) is 0 Å². The highest BCUT2D eigenvalue weighted by atomic mass is 35.5. The number of allylic oxidation sites excluding steroid dienone is 1. The van der Waals surface area contributed by atoms with E-state index in [1.165, 1.54) is 25.7 Å². The minimum atomic E-state index is 0.745. The minimum absolute atomic E-state index is 0.745. The lowest BCUT2D eigenvalue weighted by molar-refractivity contribution is 0.675. The van der Waals surface area contributed by atoms with Gasteiger partial charge in [0.05, 0.1) is 5.02 Å². The van der Waals surface area contributed by atoms with Crippen molar-refractivity contribution < 1.29 is 0 Å². The highest BCUT2D eigenvalue weighted by Gasteiger charge is 2.04. The molecule has 86 valence electrons. The van der Waals surface area contributed by atoms with Crippen LogP contribution in [0.4, 0.5) is 0 Å². The Morgan fingerprint density at radius 2 is 2.38 bits per heavy atom. The van der Waals surface area contributed by atoms with Crippen LogP contribution in [0.25, 0.3) is 0 Å². The molecule has 1 aromatic heterocycles. The SMILES string of the molecule is Clc1cnccc1CNCCC1=CCCC1. The topological polar surface area (TPSA) is 24.9 Å². The Morgan fingerprint density at radius 1 is 1.44 bits per heavy atom. The molecule has 0 unspecified atom stereocenters. The van der Waals surface area contributed by atoms with Gasteiger partial charge in [0.25, 0.3) is 0 Å². The molecule has 2 nitrogen and oxygen atoms in total. The molecular formula is C13H17ClN2. The standard InChI is InChI=1S/C13H17ClN2/c14-13-10-16-8-6-12(13)9-15-7-5-11-3-1-2-4-11/h3,6,8,10,15H,1-2,4-5,7,9H2. The fraction of sp³-hybridized carbons (Fsp3) is 0.462. The minimum Gasteiger partial charge on any atom is -0.312 e. The maximum Gasteiger partial charge on any atom is 0.0634 e. The lowest BCUT2D eigenvalue weighted by Gasteiger charge is -2.06. The molecule has 3 heteroatoms. The fourth-order valence-electron chi connectivity index (χ4n) is 1.98. The van der Waals surface area contributed by atoms with Crippen molar-refractivity contribution in [1.29, 1.82) is 0 Å². The molecule has 0 saturated carbocycles. The van der Waals surface area contributed by atoms with Gasteiger partial charge < -0.3 is 5.32 Å². The van der Waals surface area contributed by atoms with Crippen molar-refractivity contribution in [1.82, 2.24) is 10.3 Å². The first-order valence-electron chi connectivity index (χ1n) is 5.83. The average molecular weight is 237 g/mol. The molecule has 0 bridgehead atoms. The van der Waals surface area contributed by atoms with Gasteiger partial charge in [0.1, 0.15) is 0 Å². The summed E-state index contributed by atoms with van der Waals surface area (Å²) in [6.07, 6.45) is 10.9. The summed E-state index contributed by atoms with van der Waals surface area (Å²) in [7, 11) is 0. The van der Waals surface area contributed by atoms with E-state index in [0.717, 1.165) is 23.7 Å². The van der Waals surface area contributed by atoms with E-state index in [1.54, 1.807) is 18.0 Å². The summed E-state index contributed by atoms with van der Waals surface area (Å²) in [6, 6.07) is 1.96. The van der Waals surface area contributed by atoms with Gasteiger partial charge in [0, 0.05) is 18.9 Å². The van der Waals surface area contributed by atoms with Crippen LogP contribution in [0.1, 0.15) is 31.2 Å². The van der Waals surface area contributed by atoms with E-state index < -0.39 is 0 Å². The average Bonchev–Trinajstić information content (AvgIpc) is 2.79. The molecule has 2 rings (SSSR count). The quantitative estimate of drug-likeness (QED) is 0.627. The Balaban J connectivity index is 1.70. The van der Waals surface area contributed by atoms with E-state index in [2.05, 4.69) is 16.4 Å². The zero-order valence-electron chi connectivity index (χ0n) is 9.38. The van der Waals surface area contributed by atoms with Gasteiger partial charge in [-0.15, -0.1) is 0 Å². The van der Waals surface area contributed by atoms with Gasteiger partial charge in [-0.3, -0.25) is 4.98 Å². The third-order valence-corrected chi connectivity index (χ3v) is 3.27. The normalized spacial score (nSPS) is 15.2. The first kappa shape index (κ1) is 11.6. The molecule has 0 saturated heterocycles. The molecular weight excluding hydrogens is 220 g/mol. The molecule has 0 spiro atoms. The van der Waals surface area contributed by atoms with Crippen LogP contribution >= 0.6 is 11.6 Å². The number of nitrogens with zero attached hydrogens (tertiary/aromatic N) is 1. The lowest BCUT2D eigenvalue weighted by Crippen LogP contribution is -2.15. The van der Waals surface area contributed by atoms with E-state index >= 15 is 0 Å². The van der Waals surface area contributed by atoms with Crippen molar-refractivity contribution in [2.45, 2.75) is 32.2 Å². The number of hydrogen-bond donors (Lipinski definition) is 1. The van der Waals surface area contributed by atoms with Crippen LogP contribution in [0.5, 0.6) is 0 Å². The molecule has 0 fully saturated rings. The Bertz CT molecular complexity index is 374. The summed E-state index contributed by atoms with van der Waals surface area (Å²) < 4.78 is 0. The molecule has 1 aliphatic carbocycles. The highest BCUT2D eigenvalue weighted by Crippen LogP contribution is 2.20. The van der Waals surface area contributed by atoms with Crippen LogP contribution in [0, 0.1) is 0 Å². The molecule has 0 atom stereocenters. The van der Waals surface area contributed by atoms with Crippen LogP contribution < -0.4 is 5.32 Å². The van der Waals surface area contributed by atoms with Gasteiger partial charge in [-0.2, -0.15) is 0 Å². The van der Waals surface area contributed by atoms with Crippen molar-refractivity contribution in [2.75, 3.05) is 6.54 Å². The van der Waals surface area contributed by atoms with Crippen molar-refractivity contribution in [2.24, 2.45) is 0 Å². The largest absolute Gasteiger partial charge is 0.312 e. The number of aromatic nitrogens is 1. The summed E-state index contributed by atoms with van der Waals surface area (Å²) in [6.45, 7) is 1.86. The maximum absolute atomic E-state index is 6.02. The predicted molar refractivity (Wildman–Crippen MR) is 67.5 cm³/mol. The second-order valence-electron chi connectivity index (χ2n) is 4.15. The summed E-state index contributed by atoms with van der Waals surface area (Å²) in [5.41, 5.74) is 2.73. The smallest absolute Gasteiger partial charge is 0.0634 e. The summed E-state index contributed by atoms with van der Waals surface area (Å²) in [4.78, 5) is 3.97. The number of rotatable bonds is 5. The molecule has 0 radical (unpaired) electrons. The summed E-state index contributed by atoms with van der Waals surface area (Å²) >= 11 is 6.02. The van der Waals surface area contributed by atoms with E-state index in [-0.39, 0.29) is 0 Å². The Kier molecular flexibility index (Phi) is 4.37. The number of pyridine rings is 1. The summed E-state index contributed by atoms with van der Waals surface area (Å²) in [5.74, 6) is 0. The molecule has 16 heavy (non-hydrogen) atoms. The van der Waals surface area contributed by atoms with Gasteiger partial charge in [-0.1, -0.05) is 23.3 Å². The van der Waals surface area contributed by atoms with Gasteiger partial charge in [0.15, 0.2) is 0 Å². The molecule has 0 amide bonds. The fourth-order valence-corrected chi connectivity index (χ4v) is 2.17. The van der Waals surface area contributed by atoms with Crippen LogP contribution in [0.2, 0.25) is 5.02 Å². The van der Waals surface area contributed by atoms with Crippen molar-refractivity contribution >= 4 is 11.6 Å². The van der Waals surface area contributed by atoms with E-state index in [9.17, 15) is 0 Å². The molecule has 1 aromatic rings. The Morgan fingerprint density at radius 3 is 3.12 bits per heavy atom. The monoisotopic (exact) mass is 236 g/mol. The van der Waals surface area contributed by atoms with Crippen molar-refractivity contribution in [3.05, 3.63) is 40.7 Å². The van der Waals surface area contributed by atoms with Crippen molar-refractivity contribution in [3.63, 3.8) is 0 Å². The Hall–Kier alpha value is -0.860. The van der Waals surface area contributed by atoms with Gasteiger partial charge in [0.2, 0.25) is 0 Å². The second-order valence-corrected chi connectivity index (χ2v) is 4.56. The maximum atomic E-state index is 6.02. The van der Waals surface area contributed by atoms with Gasteiger partial charge in [-0.25, -0.2) is 0 Å². The third-order valence-electron chi connectivity index (χ3n) is 2.93. The van der Waals surface area contributed by atoms with Crippen LogP contribution in [-0.4, -0.2) is 11.5 Å². The third kappa shape index (κ3) is 3.32.